The maximum absolute atomic E-state index is 11.8. The van der Waals surface area contributed by atoms with Gasteiger partial charge in [0.2, 0.25) is 5.91 Å². The number of piperazine rings is 1. The summed E-state index contributed by atoms with van der Waals surface area (Å²) in [6, 6.07) is 10.7. The molecule has 1 aromatic carbocycles. The monoisotopic (exact) mass is 293 g/mol. The third-order valence-corrected chi connectivity index (χ3v) is 4.27. The van der Waals surface area contributed by atoms with Gasteiger partial charge in [-0.05, 0) is 19.1 Å². The molecule has 1 aliphatic rings. The van der Waals surface area contributed by atoms with Gasteiger partial charge in [0.15, 0.2) is 0 Å². The average Bonchev–Trinajstić information content (AvgIpc) is 2.45. The van der Waals surface area contributed by atoms with Crippen LogP contribution >= 0.6 is 11.8 Å². The second-order valence-corrected chi connectivity index (χ2v) is 6.27. The van der Waals surface area contributed by atoms with Gasteiger partial charge in [-0.15, -0.1) is 11.8 Å². The van der Waals surface area contributed by atoms with Crippen LogP contribution in [0.2, 0.25) is 0 Å². The SMILES string of the molecule is C[C@@H]1CN(CC(=O)NCCSc2ccccc2)CCN1. The van der Waals surface area contributed by atoms with Crippen LogP contribution in [-0.4, -0.2) is 55.3 Å². The van der Waals surface area contributed by atoms with Crippen molar-refractivity contribution in [2.45, 2.75) is 17.9 Å². The van der Waals surface area contributed by atoms with E-state index in [-0.39, 0.29) is 5.91 Å². The molecular weight excluding hydrogens is 270 g/mol. The Bertz CT molecular complexity index is 413. The Hall–Kier alpha value is -1.04. The molecule has 0 spiro atoms. The van der Waals surface area contributed by atoms with Crippen LogP contribution in [0.5, 0.6) is 0 Å². The third-order valence-electron chi connectivity index (χ3n) is 3.26. The highest BCUT2D eigenvalue weighted by molar-refractivity contribution is 7.99. The number of rotatable bonds is 6. The molecule has 110 valence electrons. The lowest BCUT2D eigenvalue weighted by atomic mass is 10.2. The number of carbonyl (C=O) groups excluding carboxylic acids is 1. The number of carbonyl (C=O) groups is 1. The fraction of sp³-hybridized carbons (Fsp3) is 0.533. The van der Waals surface area contributed by atoms with Crippen molar-refractivity contribution in [3.8, 4) is 0 Å². The molecule has 0 saturated carbocycles. The van der Waals surface area contributed by atoms with Crippen LogP contribution in [-0.2, 0) is 4.79 Å². The number of hydrogen-bond donors (Lipinski definition) is 2. The summed E-state index contributed by atoms with van der Waals surface area (Å²) in [5.74, 6) is 1.04. The van der Waals surface area contributed by atoms with E-state index in [2.05, 4.69) is 34.6 Å². The fourth-order valence-corrected chi connectivity index (χ4v) is 3.08. The molecule has 1 saturated heterocycles. The highest BCUT2D eigenvalue weighted by Crippen LogP contribution is 2.15. The van der Waals surface area contributed by atoms with Crippen LogP contribution in [0.25, 0.3) is 0 Å². The van der Waals surface area contributed by atoms with E-state index >= 15 is 0 Å². The number of thioether (sulfide) groups is 1. The van der Waals surface area contributed by atoms with Crippen molar-refractivity contribution in [3.63, 3.8) is 0 Å². The van der Waals surface area contributed by atoms with Crippen molar-refractivity contribution in [2.75, 3.05) is 38.5 Å². The molecule has 2 rings (SSSR count). The zero-order chi connectivity index (χ0) is 14.2. The number of hydrogen-bond acceptors (Lipinski definition) is 4. The Morgan fingerprint density at radius 2 is 2.25 bits per heavy atom. The van der Waals surface area contributed by atoms with Gasteiger partial charge in [0.25, 0.3) is 0 Å². The van der Waals surface area contributed by atoms with Gasteiger partial charge < -0.3 is 10.6 Å². The predicted molar refractivity (Wildman–Crippen MR) is 84.1 cm³/mol. The molecule has 0 aromatic heterocycles. The van der Waals surface area contributed by atoms with Gasteiger partial charge in [-0.25, -0.2) is 0 Å². The summed E-state index contributed by atoms with van der Waals surface area (Å²) in [4.78, 5) is 15.3. The van der Waals surface area contributed by atoms with Crippen molar-refractivity contribution in [3.05, 3.63) is 30.3 Å². The van der Waals surface area contributed by atoms with E-state index in [1.807, 2.05) is 18.2 Å². The Labute approximate surface area is 125 Å². The minimum absolute atomic E-state index is 0.132. The first-order chi connectivity index (χ1) is 9.74. The molecule has 5 heteroatoms. The summed E-state index contributed by atoms with van der Waals surface area (Å²) < 4.78 is 0. The molecule has 1 aromatic rings. The minimum atomic E-state index is 0.132. The summed E-state index contributed by atoms with van der Waals surface area (Å²) >= 11 is 1.77. The summed E-state index contributed by atoms with van der Waals surface area (Å²) in [6.45, 7) is 6.27. The molecule has 1 atom stereocenters. The molecular formula is C15H23N3OS. The van der Waals surface area contributed by atoms with Crippen molar-refractivity contribution < 1.29 is 4.79 Å². The normalized spacial score (nSPS) is 19.8. The van der Waals surface area contributed by atoms with E-state index in [9.17, 15) is 4.79 Å². The largest absolute Gasteiger partial charge is 0.354 e. The number of nitrogens with one attached hydrogen (secondary N) is 2. The molecule has 1 amide bonds. The van der Waals surface area contributed by atoms with E-state index in [0.29, 0.717) is 12.6 Å². The van der Waals surface area contributed by atoms with Gasteiger partial charge in [-0.3, -0.25) is 9.69 Å². The first-order valence-corrected chi connectivity index (χ1v) is 8.13. The zero-order valence-corrected chi connectivity index (χ0v) is 12.8. The molecule has 1 aliphatic heterocycles. The van der Waals surface area contributed by atoms with Gasteiger partial charge in [0.05, 0.1) is 6.54 Å². The van der Waals surface area contributed by atoms with Crippen LogP contribution in [0.3, 0.4) is 0 Å². The molecule has 4 nitrogen and oxygen atoms in total. The Morgan fingerprint density at radius 1 is 1.45 bits per heavy atom. The molecule has 20 heavy (non-hydrogen) atoms. The lowest BCUT2D eigenvalue weighted by Crippen LogP contribution is -2.51. The first-order valence-electron chi connectivity index (χ1n) is 7.14. The van der Waals surface area contributed by atoms with Crippen LogP contribution in [0.4, 0.5) is 0 Å². The average molecular weight is 293 g/mol. The summed E-state index contributed by atoms with van der Waals surface area (Å²) in [7, 11) is 0. The second kappa shape index (κ2) is 8.29. The number of nitrogens with zero attached hydrogens (tertiary/aromatic N) is 1. The van der Waals surface area contributed by atoms with Gasteiger partial charge in [-0.2, -0.15) is 0 Å². The molecule has 1 fully saturated rings. The topological polar surface area (TPSA) is 44.4 Å². The maximum atomic E-state index is 11.8. The van der Waals surface area contributed by atoms with Gasteiger partial charge in [-0.1, -0.05) is 18.2 Å². The molecule has 0 radical (unpaired) electrons. The summed E-state index contributed by atoms with van der Waals surface area (Å²) in [5.41, 5.74) is 0. The third kappa shape index (κ3) is 5.53. The summed E-state index contributed by atoms with van der Waals surface area (Å²) in [5, 5.41) is 6.37. The molecule has 1 heterocycles. The van der Waals surface area contributed by atoms with E-state index in [1.165, 1.54) is 4.90 Å². The second-order valence-electron chi connectivity index (χ2n) is 5.10. The van der Waals surface area contributed by atoms with E-state index in [0.717, 1.165) is 31.9 Å². The number of amides is 1. The Balaban J connectivity index is 1.58. The standard InChI is InChI=1S/C15H23N3OS/c1-13-11-18(9-7-16-13)12-15(19)17-8-10-20-14-5-3-2-4-6-14/h2-6,13,16H,7-12H2,1H3,(H,17,19)/t13-/m1/s1. The van der Waals surface area contributed by atoms with Crippen LogP contribution in [0.15, 0.2) is 35.2 Å². The lowest BCUT2D eigenvalue weighted by molar-refractivity contribution is -0.122. The highest BCUT2D eigenvalue weighted by Gasteiger charge is 2.17. The number of benzene rings is 1. The summed E-state index contributed by atoms with van der Waals surface area (Å²) in [6.07, 6.45) is 0. The fourth-order valence-electron chi connectivity index (χ4n) is 2.29. The Kier molecular flexibility index (Phi) is 6.36. The maximum Gasteiger partial charge on any atom is 0.234 e. The van der Waals surface area contributed by atoms with Crippen molar-refractivity contribution in [1.82, 2.24) is 15.5 Å². The lowest BCUT2D eigenvalue weighted by Gasteiger charge is -2.31. The van der Waals surface area contributed by atoms with E-state index in [4.69, 9.17) is 0 Å². The minimum Gasteiger partial charge on any atom is -0.354 e. The van der Waals surface area contributed by atoms with Gasteiger partial charge in [0.1, 0.15) is 0 Å². The van der Waals surface area contributed by atoms with E-state index < -0.39 is 0 Å². The Morgan fingerprint density at radius 3 is 3.00 bits per heavy atom. The van der Waals surface area contributed by atoms with Crippen LogP contribution in [0.1, 0.15) is 6.92 Å². The first kappa shape index (κ1) is 15.4. The van der Waals surface area contributed by atoms with Crippen molar-refractivity contribution in [2.24, 2.45) is 0 Å². The smallest absolute Gasteiger partial charge is 0.234 e. The molecule has 0 aliphatic carbocycles. The molecule has 2 N–H and O–H groups in total. The van der Waals surface area contributed by atoms with Crippen LogP contribution in [0, 0.1) is 0 Å². The van der Waals surface area contributed by atoms with Crippen LogP contribution < -0.4 is 10.6 Å². The van der Waals surface area contributed by atoms with E-state index in [1.54, 1.807) is 11.8 Å². The highest BCUT2D eigenvalue weighted by atomic mass is 32.2. The quantitative estimate of drug-likeness (QED) is 0.611. The van der Waals surface area contributed by atoms with Gasteiger partial charge in [0, 0.05) is 42.9 Å². The van der Waals surface area contributed by atoms with Gasteiger partial charge >= 0.3 is 0 Å². The van der Waals surface area contributed by atoms with Crippen molar-refractivity contribution >= 4 is 17.7 Å². The zero-order valence-electron chi connectivity index (χ0n) is 12.0. The van der Waals surface area contributed by atoms with Crippen molar-refractivity contribution in [1.29, 1.82) is 0 Å². The molecule has 0 bridgehead atoms. The predicted octanol–water partition coefficient (Wildman–Crippen LogP) is 1.19. The molecule has 0 unspecified atom stereocenters.